The fourth-order valence-electron chi connectivity index (χ4n) is 4.08. The minimum absolute atomic E-state index is 0.448. The van der Waals surface area contributed by atoms with Crippen molar-refractivity contribution in [2.45, 2.75) is 96.3 Å². The number of carboxylic acids is 1. The summed E-state index contributed by atoms with van der Waals surface area (Å²) in [6, 6.07) is 8.49. The highest BCUT2D eigenvalue weighted by atomic mass is 16.4. The van der Waals surface area contributed by atoms with Crippen molar-refractivity contribution in [3.63, 3.8) is 0 Å². The van der Waals surface area contributed by atoms with Crippen LogP contribution in [0.1, 0.15) is 102 Å². The number of carboxylic acid groups (broad SMARTS) is 1. The summed E-state index contributed by atoms with van der Waals surface area (Å²) in [5, 5.41) is 10.5. The number of allylic oxidation sites excluding steroid dienone is 2. The summed E-state index contributed by atoms with van der Waals surface area (Å²) in [6.45, 7) is 2.25. The number of benzene rings is 1. The maximum absolute atomic E-state index is 11.9. The number of unbranched alkanes of at least 4 members (excludes halogenated alkanes) is 10. The van der Waals surface area contributed by atoms with Gasteiger partial charge < -0.3 is 9.52 Å². The van der Waals surface area contributed by atoms with Gasteiger partial charge in [-0.1, -0.05) is 88.6 Å². The molecular weight excluding hydrogens is 388 g/mol. The van der Waals surface area contributed by atoms with E-state index in [9.17, 15) is 14.7 Å². The summed E-state index contributed by atoms with van der Waals surface area (Å²) in [5.41, 5.74) is 0.522. The van der Waals surface area contributed by atoms with Crippen LogP contribution in [0.3, 0.4) is 0 Å². The Bertz CT molecular complexity index is 865. The van der Waals surface area contributed by atoms with Crippen LogP contribution in [0.4, 0.5) is 0 Å². The molecule has 0 saturated carbocycles. The van der Waals surface area contributed by atoms with Crippen LogP contribution in [-0.4, -0.2) is 11.1 Å². The van der Waals surface area contributed by atoms with Gasteiger partial charge in [-0.3, -0.25) is 4.79 Å². The monoisotopic (exact) mass is 426 g/mol. The number of rotatable bonds is 16. The molecule has 1 N–H and O–H groups in total. The smallest absolute Gasteiger partial charge is 0.336 e. The van der Waals surface area contributed by atoms with Crippen LogP contribution in [-0.2, 0) is 4.79 Å². The molecule has 0 fully saturated rings. The van der Waals surface area contributed by atoms with Crippen LogP contribution >= 0.6 is 0 Å². The topological polar surface area (TPSA) is 67.5 Å². The standard InChI is InChI=1S/C27H38O4/c1-2-3-4-5-6-7-8-9-10-11-12-13-14-15-19-23(27(29)30)24-21-26(28)31-25-20-17-16-18-22(24)25/h9-10,16-18,20-21,23H,2-8,11-15,19H2,1H3,(H,29,30). The zero-order valence-electron chi connectivity index (χ0n) is 19.0. The van der Waals surface area contributed by atoms with E-state index in [1.54, 1.807) is 12.1 Å². The van der Waals surface area contributed by atoms with Gasteiger partial charge >= 0.3 is 11.6 Å². The Morgan fingerprint density at radius 2 is 1.55 bits per heavy atom. The van der Waals surface area contributed by atoms with Gasteiger partial charge in [0.1, 0.15) is 5.58 Å². The van der Waals surface area contributed by atoms with E-state index in [0.29, 0.717) is 23.0 Å². The van der Waals surface area contributed by atoms with Gasteiger partial charge in [-0.25, -0.2) is 4.79 Å². The van der Waals surface area contributed by atoms with E-state index in [-0.39, 0.29) is 0 Å². The van der Waals surface area contributed by atoms with Gasteiger partial charge in [0.25, 0.3) is 0 Å². The Morgan fingerprint density at radius 1 is 0.935 bits per heavy atom. The van der Waals surface area contributed by atoms with Crippen molar-refractivity contribution < 1.29 is 14.3 Å². The lowest BCUT2D eigenvalue weighted by molar-refractivity contribution is -0.139. The number of aliphatic carboxylic acids is 1. The first kappa shape index (κ1) is 24.9. The summed E-state index contributed by atoms with van der Waals surface area (Å²) in [4.78, 5) is 23.7. The zero-order chi connectivity index (χ0) is 22.3. The van der Waals surface area contributed by atoms with Crippen LogP contribution in [0.15, 0.2) is 51.7 Å². The molecule has 4 nitrogen and oxygen atoms in total. The Balaban J connectivity index is 1.68. The van der Waals surface area contributed by atoms with Crippen molar-refractivity contribution in [3.05, 3.63) is 58.5 Å². The third kappa shape index (κ3) is 9.12. The van der Waals surface area contributed by atoms with E-state index in [2.05, 4.69) is 19.1 Å². The third-order valence-electron chi connectivity index (χ3n) is 5.86. The van der Waals surface area contributed by atoms with Crippen LogP contribution in [0, 0.1) is 0 Å². The fourth-order valence-corrected chi connectivity index (χ4v) is 4.08. The molecule has 0 amide bonds. The lowest BCUT2D eigenvalue weighted by atomic mass is 9.91. The number of para-hydroxylation sites is 1. The molecule has 0 aliphatic carbocycles. The molecule has 0 aliphatic heterocycles. The molecule has 0 aliphatic rings. The molecule has 0 radical (unpaired) electrons. The van der Waals surface area contributed by atoms with Crippen molar-refractivity contribution in [3.8, 4) is 0 Å². The zero-order valence-corrected chi connectivity index (χ0v) is 19.0. The van der Waals surface area contributed by atoms with Gasteiger partial charge in [0.05, 0.1) is 5.92 Å². The molecule has 1 heterocycles. The van der Waals surface area contributed by atoms with E-state index in [4.69, 9.17) is 4.42 Å². The number of carbonyl (C=O) groups is 1. The highest BCUT2D eigenvalue weighted by Gasteiger charge is 2.22. The summed E-state index contributed by atoms with van der Waals surface area (Å²) in [6.07, 6.45) is 19.6. The first-order valence-corrected chi connectivity index (χ1v) is 12.0. The van der Waals surface area contributed by atoms with Crippen molar-refractivity contribution >= 4 is 16.9 Å². The molecular formula is C27H38O4. The highest BCUT2D eigenvalue weighted by Crippen LogP contribution is 2.28. The van der Waals surface area contributed by atoms with Gasteiger partial charge in [0, 0.05) is 11.5 Å². The molecule has 2 rings (SSSR count). The molecule has 1 aromatic heterocycles. The first-order chi connectivity index (χ1) is 15.1. The van der Waals surface area contributed by atoms with E-state index >= 15 is 0 Å². The van der Waals surface area contributed by atoms with Crippen molar-refractivity contribution in [1.82, 2.24) is 0 Å². The Hall–Kier alpha value is -2.36. The van der Waals surface area contributed by atoms with Crippen molar-refractivity contribution in [1.29, 1.82) is 0 Å². The predicted octanol–water partition coefficient (Wildman–Crippen LogP) is 7.61. The summed E-state index contributed by atoms with van der Waals surface area (Å²) in [7, 11) is 0. The molecule has 0 saturated heterocycles. The van der Waals surface area contributed by atoms with Gasteiger partial charge in [-0.2, -0.15) is 0 Å². The van der Waals surface area contributed by atoms with Crippen molar-refractivity contribution in [2.75, 3.05) is 0 Å². The van der Waals surface area contributed by atoms with E-state index in [1.165, 1.54) is 51.0 Å². The van der Waals surface area contributed by atoms with Crippen molar-refractivity contribution in [2.24, 2.45) is 0 Å². The molecule has 170 valence electrons. The SMILES string of the molecule is CCCCCCCCC=CCCCCCCC(C(=O)O)c1cc(=O)oc2ccccc12. The van der Waals surface area contributed by atoms with E-state index in [0.717, 1.165) is 32.1 Å². The molecule has 0 spiro atoms. The highest BCUT2D eigenvalue weighted by molar-refractivity contribution is 5.87. The Kier molecular flexibility index (Phi) is 11.7. The summed E-state index contributed by atoms with van der Waals surface area (Å²) >= 11 is 0. The largest absolute Gasteiger partial charge is 0.481 e. The summed E-state index contributed by atoms with van der Waals surface area (Å²) in [5.74, 6) is -1.56. The Morgan fingerprint density at radius 3 is 2.23 bits per heavy atom. The van der Waals surface area contributed by atoms with Crippen LogP contribution in [0.2, 0.25) is 0 Å². The Labute approximate surface area is 186 Å². The number of hydrogen-bond donors (Lipinski definition) is 1. The van der Waals surface area contributed by atoms with Gasteiger partial charge in [-0.05, 0) is 43.7 Å². The minimum Gasteiger partial charge on any atom is -0.481 e. The average molecular weight is 427 g/mol. The van der Waals surface area contributed by atoms with E-state index in [1.807, 2.05) is 12.1 Å². The quantitative estimate of drug-likeness (QED) is 0.170. The molecule has 1 atom stereocenters. The molecule has 4 heteroatoms. The van der Waals surface area contributed by atoms with Crippen LogP contribution in [0.25, 0.3) is 11.0 Å². The fraction of sp³-hybridized carbons (Fsp3) is 0.556. The predicted molar refractivity (Wildman–Crippen MR) is 128 cm³/mol. The summed E-state index contributed by atoms with van der Waals surface area (Å²) < 4.78 is 5.20. The van der Waals surface area contributed by atoms with Gasteiger partial charge in [0.15, 0.2) is 0 Å². The maximum atomic E-state index is 11.9. The van der Waals surface area contributed by atoms with E-state index < -0.39 is 17.5 Å². The second-order valence-electron chi connectivity index (χ2n) is 8.43. The minimum atomic E-state index is -0.881. The third-order valence-corrected chi connectivity index (χ3v) is 5.86. The number of hydrogen-bond acceptors (Lipinski definition) is 3. The molecule has 2 aromatic rings. The van der Waals surface area contributed by atoms with Crippen LogP contribution in [0.5, 0.6) is 0 Å². The maximum Gasteiger partial charge on any atom is 0.336 e. The van der Waals surface area contributed by atoms with Gasteiger partial charge in [-0.15, -0.1) is 0 Å². The second kappa shape index (κ2) is 14.6. The average Bonchev–Trinajstić information content (AvgIpc) is 2.75. The molecule has 0 bridgehead atoms. The second-order valence-corrected chi connectivity index (χ2v) is 8.43. The molecule has 1 unspecified atom stereocenters. The molecule has 31 heavy (non-hydrogen) atoms. The normalized spacial score (nSPS) is 12.5. The first-order valence-electron chi connectivity index (χ1n) is 12.0. The number of fused-ring (bicyclic) bond motifs is 1. The van der Waals surface area contributed by atoms with Gasteiger partial charge in [0.2, 0.25) is 0 Å². The van der Waals surface area contributed by atoms with Crippen LogP contribution < -0.4 is 5.63 Å². The molecule has 1 aromatic carbocycles. The lowest BCUT2D eigenvalue weighted by Crippen LogP contribution is -2.14. The lowest BCUT2D eigenvalue weighted by Gasteiger charge is -2.14.